The van der Waals surface area contributed by atoms with E-state index in [0.717, 1.165) is 17.3 Å². The Morgan fingerprint density at radius 2 is 1.96 bits per heavy atom. The standard InChI is InChI=1S/C18H19BrClNO2/c1-13-4-6-14(7-5-13)3-2-10-21-18(22)12-23-17-9-8-15(19)11-16(17)20/h4-9,11H,2-3,10,12H2,1H3,(H,21,22). The molecule has 23 heavy (non-hydrogen) atoms. The highest BCUT2D eigenvalue weighted by molar-refractivity contribution is 9.10. The molecule has 122 valence electrons. The van der Waals surface area contributed by atoms with Crippen molar-refractivity contribution in [2.75, 3.05) is 13.2 Å². The fourth-order valence-electron chi connectivity index (χ4n) is 2.06. The van der Waals surface area contributed by atoms with Gasteiger partial charge in [-0.1, -0.05) is 57.4 Å². The lowest BCUT2D eigenvalue weighted by Gasteiger charge is -2.09. The zero-order valence-electron chi connectivity index (χ0n) is 12.9. The van der Waals surface area contributed by atoms with Crippen LogP contribution in [0.1, 0.15) is 17.5 Å². The summed E-state index contributed by atoms with van der Waals surface area (Å²) in [5.74, 6) is 0.359. The van der Waals surface area contributed by atoms with Gasteiger partial charge in [-0.25, -0.2) is 0 Å². The number of hydrogen-bond donors (Lipinski definition) is 1. The molecule has 1 N–H and O–H groups in total. The predicted octanol–water partition coefficient (Wildman–Crippen LogP) is 4.54. The minimum atomic E-state index is -0.145. The molecule has 0 aliphatic heterocycles. The maximum Gasteiger partial charge on any atom is 0.257 e. The average molecular weight is 397 g/mol. The first-order valence-corrected chi connectivity index (χ1v) is 8.62. The van der Waals surface area contributed by atoms with Gasteiger partial charge in [-0.3, -0.25) is 4.79 Å². The first-order chi connectivity index (χ1) is 11.0. The normalized spacial score (nSPS) is 10.4. The summed E-state index contributed by atoms with van der Waals surface area (Å²) in [4.78, 5) is 11.8. The van der Waals surface area contributed by atoms with Crippen LogP contribution in [0.25, 0.3) is 0 Å². The van der Waals surface area contributed by atoms with E-state index in [9.17, 15) is 4.79 Å². The van der Waals surface area contributed by atoms with Crippen LogP contribution in [-0.4, -0.2) is 19.1 Å². The van der Waals surface area contributed by atoms with E-state index in [1.54, 1.807) is 12.1 Å². The molecule has 0 radical (unpaired) electrons. The second kappa shape index (κ2) is 8.94. The van der Waals surface area contributed by atoms with E-state index in [1.165, 1.54) is 11.1 Å². The molecule has 2 aromatic rings. The maximum absolute atomic E-state index is 11.8. The summed E-state index contributed by atoms with van der Waals surface area (Å²) in [5, 5.41) is 3.33. The molecule has 0 unspecified atom stereocenters. The number of carbonyl (C=O) groups is 1. The number of amides is 1. The van der Waals surface area contributed by atoms with Crippen molar-refractivity contribution >= 4 is 33.4 Å². The fourth-order valence-corrected chi connectivity index (χ4v) is 2.79. The van der Waals surface area contributed by atoms with E-state index in [4.69, 9.17) is 16.3 Å². The van der Waals surface area contributed by atoms with Crippen LogP contribution in [0.15, 0.2) is 46.9 Å². The van der Waals surface area contributed by atoms with Gasteiger partial charge in [0.15, 0.2) is 6.61 Å². The second-order valence-corrected chi connectivity index (χ2v) is 6.63. The molecule has 2 rings (SSSR count). The van der Waals surface area contributed by atoms with Crippen LogP contribution in [-0.2, 0) is 11.2 Å². The van der Waals surface area contributed by atoms with Crippen LogP contribution in [0.5, 0.6) is 5.75 Å². The number of halogens is 2. The Morgan fingerprint density at radius 3 is 2.65 bits per heavy atom. The van der Waals surface area contributed by atoms with Gasteiger partial charge in [-0.05, 0) is 43.5 Å². The van der Waals surface area contributed by atoms with Crippen LogP contribution in [0, 0.1) is 6.92 Å². The summed E-state index contributed by atoms with van der Waals surface area (Å²) in [7, 11) is 0. The van der Waals surface area contributed by atoms with Gasteiger partial charge in [-0.2, -0.15) is 0 Å². The van der Waals surface area contributed by atoms with Crippen LogP contribution in [0.2, 0.25) is 5.02 Å². The number of aryl methyl sites for hydroxylation is 2. The Hall–Kier alpha value is -1.52. The number of carbonyl (C=O) groups excluding carboxylic acids is 1. The maximum atomic E-state index is 11.8. The van der Waals surface area contributed by atoms with Gasteiger partial charge in [0.05, 0.1) is 5.02 Å². The number of nitrogens with one attached hydrogen (secondary N) is 1. The molecular formula is C18H19BrClNO2. The lowest BCUT2D eigenvalue weighted by atomic mass is 10.1. The molecule has 5 heteroatoms. The van der Waals surface area contributed by atoms with Gasteiger partial charge in [-0.15, -0.1) is 0 Å². The Kier molecular flexibility index (Phi) is 6.93. The quantitative estimate of drug-likeness (QED) is 0.698. The zero-order valence-corrected chi connectivity index (χ0v) is 15.3. The Bertz CT molecular complexity index is 659. The van der Waals surface area contributed by atoms with Crippen LogP contribution in [0.3, 0.4) is 0 Å². The molecule has 0 saturated carbocycles. The third-order valence-corrected chi connectivity index (χ3v) is 4.13. The van der Waals surface area contributed by atoms with E-state index in [1.807, 2.05) is 6.07 Å². The van der Waals surface area contributed by atoms with Gasteiger partial charge in [0.25, 0.3) is 5.91 Å². The summed E-state index contributed by atoms with van der Waals surface area (Å²) in [6.07, 6.45) is 1.84. The fraction of sp³-hybridized carbons (Fsp3) is 0.278. The van der Waals surface area contributed by atoms with Crippen molar-refractivity contribution in [3.05, 3.63) is 63.1 Å². The Balaban J connectivity index is 1.66. The minimum absolute atomic E-state index is 0.0358. The monoisotopic (exact) mass is 395 g/mol. The average Bonchev–Trinajstić information content (AvgIpc) is 2.52. The summed E-state index contributed by atoms with van der Waals surface area (Å²) >= 11 is 9.35. The van der Waals surface area contributed by atoms with Gasteiger partial charge in [0, 0.05) is 11.0 Å². The summed E-state index contributed by atoms with van der Waals surface area (Å²) in [6.45, 7) is 2.66. The third kappa shape index (κ3) is 6.24. The van der Waals surface area contributed by atoms with E-state index in [2.05, 4.69) is 52.4 Å². The van der Waals surface area contributed by atoms with Crippen molar-refractivity contribution in [1.82, 2.24) is 5.32 Å². The van der Waals surface area contributed by atoms with Crippen molar-refractivity contribution in [2.45, 2.75) is 19.8 Å². The molecule has 0 saturated heterocycles. The van der Waals surface area contributed by atoms with Crippen molar-refractivity contribution < 1.29 is 9.53 Å². The second-order valence-electron chi connectivity index (χ2n) is 5.30. The number of ether oxygens (including phenoxy) is 1. The molecule has 0 heterocycles. The van der Waals surface area contributed by atoms with Crippen LogP contribution >= 0.6 is 27.5 Å². The number of benzene rings is 2. The van der Waals surface area contributed by atoms with Crippen molar-refractivity contribution in [3.8, 4) is 5.75 Å². The lowest BCUT2D eigenvalue weighted by Crippen LogP contribution is -2.29. The van der Waals surface area contributed by atoms with E-state index < -0.39 is 0 Å². The molecule has 0 aliphatic rings. The highest BCUT2D eigenvalue weighted by atomic mass is 79.9. The molecule has 0 aliphatic carbocycles. The van der Waals surface area contributed by atoms with E-state index in [0.29, 0.717) is 17.3 Å². The van der Waals surface area contributed by atoms with Crippen molar-refractivity contribution in [3.63, 3.8) is 0 Å². The number of rotatable bonds is 7. The van der Waals surface area contributed by atoms with E-state index >= 15 is 0 Å². The summed E-state index contributed by atoms with van der Waals surface area (Å²) < 4.78 is 6.29. The summed E-state index contributed by atoms with van der Waals surface area (Å²) in [5.41, 5.74) is 2.54. The molecule has 3 nitrogen and oxygen atoms in total. The Labute approximate surface area is 150 Å². The molecule has 0 spiro atoms. The molecule has 0 bridgehead atoms. The summed E-state index contributed by atoms with van der Waals surface area (Å²) in [6, 6.07) is 13.7. The highest BCUT2D eigenvalue weighted by Crippen LogP contribution is 2.27. The first-order valence-electron chi connectivity index (χ1n) is 7.44. The molecule has 2 aromatic carbocycles. The highest BCUT2D eigenvalue weighted by Gasteiger charge is 2.06. The Morgan fingerprint density at radius 1 is 1.22 bits per heavy atom. The SMILES string of the molecule is Cc1ccc(CCCNC(=O)COc2ccc(Br)cc2Cl)cc1. The smallest absolute Gasteiger partial charge is 0.257 e. The molecule has 1 amide bonds. The largest absolute Gasteiger partial charge is 0.482 e. The zero-order chi connectivity index (χ0) is 16.7. The number of hydrogen-bond acceptors (Lipinski definition) is 2. The molecule has 0 aromatic heterocycles. The molecular weight excluding hydrogens is 378 g/mol. The van der Waals surface area contributed by atoms with Crippen LogP contribution in [0.4, 0.5) is 0 Å². The molecule has 0 atom stereocenters. The first kappa shape index (κ1) is 17.8. The predicted molar refractivity (Wildman–Crippen MR) is 97.2 cm³/mol. The minimum Gasteiger partial charge on any atom is -0.482 e. The van der Waals surface area contributed by atoms with Gasteiger partial charge in [0.1, 0.15) is 5.75 Å². The van der Waals surface area contributed by atoms with Crippen molar-refractivity contribution in [1.29, 1.82) is 0 Å². The lowest BCUT2D eigenvalue weighted by molar-refractivity contribution is -0.123. The van der Waals surface area contributed by atoms with E-state index in [-0.39, 0.29) is 12.5 Å². The third-order valence-electron chi connectivity index (χ3n) is 3.34. The molecule has 0 fully saturated rings. The van der Waals surface area contributed by atoms with Gasteiger partial charge < -0.3 is 10.1 Å². The van der Waals surface area contributed by atoms with Gasteiger partial charge in [0.2, 0.25) is 0 Å². The van der Waals surface area contributed by atoms with Crippen molar-refractivity contribution in [2.24, 2.45) is 0 Å². The van der Waals surface area contributed by atoms with Crippen LogP contribution < -0.4 is 10.1 Å². The van der Waals surface area contributed by atoms with Gasteiger partial charge >= 0.3 is 0 Å². The topological polar surface area (TPSA) is 38.3 Å².